The molecule has 14 heavy (non-hydrogen) atoms. The van der Waals surface area contributed by atoms with E-state index in [-0.39, 0.29) is 0 Å². The zero-order valence-electron chi connectivity index (χ0n) is 8.42. The summed E-state index contributed by atoms with van der Waals surface area (Å²) >= 11 is 5.72. The zero-order chi connectivity index (χ0) is 10.4. The van der Waals surface area contributed by atoms with Crippen molar-refractivity contribution in [2.24, 2.45) is 0 Å². The molecule has 0 atom stereocenters. The van der Waals surface area contributed by atoms with Crippen LogP contribution in [0.2, 0.25) is 0 Å². The van der Waals surface area contributed by atoms with E-state index in [0.29, 0.717) is 11.6 Å². The number of hydrogen-bond acceptors (Lipinski definition) is 1. The van der Waals surface area contributed by atoms with E-state index in [4.69, 9.17) is 16.3 Å². The summed E-state index contributed by atoms with van der Waals surface area (Å²) in [7, 11) is 0. The van der Waals surface area contributed by atoms with E-state index in [9.17, 15) is 0 Å². The molecule has 0 aliphatic heterocycles. The Morgan fingerprint density at radius 2 is 2.14 bits per heavy atom. The molecule has 0 unspecified atom stereocenters. The molecular formula is C12H15ClO. The molecule has 1 nitrogen and oxygen atoms in total. The maximum atomic E-state index is 5.72. The van der Waals surface area contributed by atoms with Gasteiger partial charge in [0.25, 0.3) is 0 Å². The van der Waals surface area contributed by atoms with Crippen LogP contribution in [0.1, 0.15) is 18.9 Å². The summed E-state index contributed by atoms with van der Waals surface area (Å²) in [4.78, 5) is 0. The van der Waals surface area contributed by atoms with Crippen molar-refractivity contribution in [3.05, 3.63) is 41.4 Å². The topological polar surface area (TPSA) is 9.23 Å². The Morgan fingerprint density at radius 3 is 2.79 bits per heavy atom. The van der Waals surface area contributed by atoms with E-state index in [2.05, 4.69) is 12.6 Å². The molecule has 1 aromatic carbocycles. The molecule has 0 aliphatic rings. The summed E-state index contributed by atoms with van der Waals surface area (Å²) in [5, 5.41) is 0.691. The molecule has 1 aromatic rings. The van der Waals surface area contributed by atoms with Crippen molar-refractivity contribution in [2.75, 3.05) is 6.61 Å². The van der Waals surface area contributed by atoms with Crippen molar-refractivity contribution in [2.45, 2.75) is 19.8 Å². The third-order valence-corrected chi connectivity index (χ3v) is 2.13. The maximum Gasteiger partial charge on any atom is 0.122 e. The Balaban J connectivity index is 2.68. The van der Waals surface area contributed by atoms with E-state index >= 15 is 0 Å². The second-order valence-corrected chi connectivity index (χ2v) is 3.59. The highest BCUT2D eigenvalue weighted by Crippen LogP contribution is 2.21. The van der Waals surface area contributed by atoms with Crippen molar-refractivity contribution < 1.29 is 4.74 Å². The van der Waals surface area contributed by atoms with Gasteiger partial charge in [-0.05, 0) is 31.4 Å². The lowest BCUT2D eigenvalue weighted by atomic mass is 10.1. The lowest BCUT2D eigenvalue weighted by Gasteiger charge is -2.08. The molecule has 0 aliphatic carbocycles. The van der Waals surface area contributed by atoms with Crippen LogP contribution >= 0.6 is 11.6 Å². The fraction of sp³-hybridized carbons (Fsp3) is 0.333. The van der Waals surface area contributed by atoms with E-state index in [1.165, 1.54) is 5.56 Å². The summed E-state index contributed by atoms with van der Waals surface area (Å²) in [6, 6.07) is 8.03. The van der Waals surface area contributed by atoms with Gasteiger partial charge in [0.2, 0.25) is 0 Å². The minimum Gasteiger partial charge on any atom is -0.494 e. The van der Waals surface area contributed by atoms with Gasteiger partial charge in [-0.1, -0.05) is 36.4 Å². The van der Waals surface area contributed by atoms with Gasteiger partial charge in [-0.15, -0.1) is 0 Å². The van der Waals surface area contributed by atoms with E-state index in [1.807, 2.05) is 25.1 Å². The fourth-order valence-electron chi connectivity index (χ4n) is 1.28. The summed E-state index contributed by atoms with van der Waals surface area (Å²) in [6.07, 6.45) is 1.68. The minimum absolute atomic E-state index is 0.691. The molecule has 0 heterocycles. The maximum absolute atomic E-state index is 5.72. The lowest BCUT2D eigenvalue weighted by molar-refractivity contribution is 0.336. The average molecular weight is 211 g/mol. The minimum atomic E-state index is 0.691. The molecule has 1 rings (SSSR count). The third-order valence-electron chi connectivity index (χ3n) is 1.94. The summed E-state index contributed by atoms with van der Waals surface area (Å²) in [5.41, 5.74) is 1.19. The molecule has 0 N–H and O–H groups in total. The Labute approximate surface area is 90.3 Å². The summed E-state index contributed by atoms with van der Waals surface area (Å²) in [6.45, 7) is 6.35. The zero-order valence-corrected chi connectivity index (χ0v) is 9.18. The summed E-state index contributed by atoms with van der Waals surface area (Å²) < 4.78 is 5.50. The third kappa shape index (κ3) is 3.43. The normalized spacial score (nSPS) is 9.86. The SMILES string of the molecule is C=C(Cl)CCc1ccccc1OCC. The second-order valence-electron chi connectivity index (χ2n) is 3.06. The van der Waals surface area contributed by atoms with Crippen molar-refractivity contribution in [3.63, 3.8) is 0 Å². The van der Waals surface area contributed by atoms with Gasteiger partial charge in [-0.2, -0.15) is 0 Å². The molecule has 0 saturated heterocycles. The van der Waals surface area contributed by atoms with Gasteiger partial charge in [-0.25, -0.2) is 0 Å². The van der Waals surface area contributed by atoms with Gasteiger partial charge in [0, 0.05) is 5.03 Å². The first-order valence-corrected chi connectivity index (χ1v) is 5.15. The van der Waals surface area contributed by atoms with Crippen LogP contribution in [-0.2, 0) is 6.42 Å². The Kier molecular flexibility index (Phi) is 4.54. The van der Waals surface area contributed by atoms with Crippen LogP contribution in [0.25, 0.3) is 0 Å². The van der Waals surface area contributed by atoms with Crippen molar-refractivity contribution in [3.8, 4) is 5.75 Å². The number of ether oxygens (including phenoxy) is 1. The largest absolute Gasteiger partial charge is 0.494 e. The molecular weight excluding hydrogens is 196 g/mol. The highest BCUT2D eigenvalue weighted by Gasteiger charge is 2.01. The van der Waals surface area contributed by atoms with Gasteiger partial charge in [0.1, 0.15) is 5.75 Å². The van der Waals surface area contributed by atoms with Gasteiger partial charge in [-0.3, -0.25) is 0 Å². The molecule has 0 aromatic heterocycles. The first-order valence-electron chi connectivity index (χ1n) is 4.78. The molecule has 0 radical (unpaired) electrons. The highest BCUT2D eigenvalue weighted by atomic mass is 35.5. The molecule has 2 heteroatoms. The van der Waals surface area contributed by atoms with Crippen molar-refractivity contribution in [1.29, 1.82) is 0 Å². The number of allylic oxidation sites excluding steroid dienone is 1. The second kappa shape index (κ2) is 5.71. The number of rotatable bonds is 5. The van der Waals surface area contributed by atoms with Crippen molar-refractivity contribution in [1.82, 2.24) is 0 Å². The average Bonchev–Trinajstić information content (AvgIpc) is 2.17. The van der Waals surface area contributed by atoms with Crippen LogP contribution in [0.3, 0.4) is 0 Å². The smallest absolute Gasteiger partial charge is 0.122 e. The van der Waals surface area contributed by atoms with E-state index in [0.717, 1.165) is 18.6 Å². The number of hydrogen-bond donors (Lipinski definition) is 0. The Bertz CT molecular complexity index is 307. The van der Waals surface area contributed by atoms with Crippen LogP contribution in [0.15, 0.2) is 35.9 Å². The molecule has 0 amide bonds. The predicted octanol–water partition coefficient (Wildman–Crippen LogP) is 3.77. The van der Waals surface area contributed by atoms with Crippen molar-refractivity contribution >= 4 is 11.6 Å². The quantitative estimate of drug-likeness (QED) is 0.719. The van der Waals surface area contributed by atoms with Crippen LogP contribution in [0.4, 0.5) is 0 Å². The molecule has 0 spiro atoms. The van der Waals surface area contributed by atoms with E-state index < -0.39 is 0 Å². The van der Waals surface area contributed by atoms with Crippen LogP contribution in [-0.4, -0.2) is 6.61 Å². The van der Waals surface area contributed by atoms with Crippen LogP contribution in [0, 0.1) is 0 Å². The molecule has 0 fully saturated rings. The molecule has 0 saturated carbocycles. The Hall–Kier alpha value is -0.950. The fourth-order valence-corrected chi connectivity index (χ4v) is 1.37. The first-order chi connectivity index (χ1) is 6.74. The lowest BCUT2D eigenvalue weighted by Crippen LogP contribution is -1.96. The molecule has 0 bridgehead atoms. The number of aryl methyl sites for hydroxylation is 1. The number of benzene rings is 1. The highest BCUT2D eigenvalue weighted by molar-refractivity contribution is 6.29. The van der Waals surface area contributed by atoms with Gasteiger partial charge in [0.05, 0.1) is 6.61 Å². The number of para-hydroxylation sites is 1. The predicted molar refractivity (Wildman–Crippen MR) is 60.9 cm³/mol. The van der Waals surface area contributed by atoms with Gasteiger partial charge >= 0.3 is 0 Å². The van der Waals surface area contributed by atoms with Gasteiger partial charge < -0.3 is 4.74 Å². The van der Waals surface area contributed by atoms with Gasteiger partial charge in [0.15, 0.2) is 0 Å². The van der Waals surface area contributed by atoms with E-state index in [1.54, 1.807) is 0 Å². The standard InChI is InChI=1S/C12H15ClO/c1-3-14-12-7-5-4-6-11(12)9-8-10(2)13/h4-7H,2-3,8-9H2,1H3. The number of halogens is 1. The monoisotopic (exact) mass is 210 g/mol. The summed E-state index contributed by atoms with van der Waals surface area (Å²) in [5.74, 6) is 0.952. The van der Waals surface area contributed by atoms with Crippen LogP contribution < -0.4 is 4.74 Å². The first kappa shape index (κ1) is 11.1. The van der Waals surface area contributed by atoms with Crippen LogP contribution in [0.5, 0.6) is 5.75 Å². The molecule has 76 valence electrons. The Morgan fingerprint density at radius 1 is 1.43 bits per heavy atom.